The molecule has 0 aliphatic heterocycles. The van der Waals surface area contributed by atoms with E-state index in [1.165, 1.54) is 11.8 Å². The number of tetrazole rings is 1. The first kappa shape index (κ1) is 16.2. The van der Waals surface area contributed by atoms with Gasteiger partial charge < -0.3 is 4.90 Å². The summed E-state index contributed by atoms with van der Waals surface area (Å²) >= 11 is 1.32. The van der Waals surface area contributed by atoms with Gasteiger partial charge in [0.2, 0.25) is 11.1 Å². The van der Waals surface area contributed by atoms with Gasteiger partial charge >= 0.3 is 0 Å². The summed E-state index contributed by atoms with van der Waals surface area (Å²) in [5.74, 6) is 0.299. The van der Waals surface area contributed by atoms with E-state index in [9.17, 15) is 4.79 Å². The minimum atomic E-state index is 0.00969. The van der Waals surface area contributed by atoms with Gasteiger partial charge in [0, 0.05) is 32.4 Å². The van der Waals surface area contributed by atoms with Crippen molar-refractivity contribution >= 4 is 17.7 Å². The topological polar surface area (TPSA) is 81.7 Å². The third kappa shape index (κ3) is 3.80. The van der Waals surface area contributed by atoms with Crippen LogP contribution in [0.2, 0.25) is 0 Å². The molecule has 3 rings (SSSR count). The Morgan fingerprint density at radius 2 is 2.08 bits per heavy atom. The van der Waals surface area contributed by atoms with Gasteiger partial charge in [0.15, 0.2) is 0 Å². The largest absolute Gasteiger partial charge is 0.341 e. The maximum atomic E-state index is 12.2. The predicted octanol–water partition coefficient (Wildman–Crippen LogP) is 1.15. The number of nitrogens with zero attached hydrogens (tertiary/aromatic N) is 7. The Balaban J connectivity index is 1.56. The second-order valence-corrected chi connectivity index (χ2v) is 6.19. The Bertz CT molecular complexity index is 814. The van der Waals surface area contributed by atoms with E-state index >= 15 is 0 Å². The first-order chi connectivity index (χ1) is 11.6. The molecule has 0 N–H and O–H groups in total. The van der Waals surface area contributed by atoms with E-state index < -0.39 is 0 Å². The second kappa shape index (κ2) is 7.26. The Hall–Kier alpha value is -2.68. The summed E-state index contributed by atoms with van der Waals surface area (Å²) in [6, 6.07) is 9.86. The second-order valence-electron chi connectivity index (χ2n) is 5.25. The molecule has 0 spiro atoms. The maximum Gasteiger partial charge on any atom is 0.233 e. The average Bonchev–Trinajstić information content (AvgIpc) is 3.22. The molecule has 3 aromatic rings. The molecule has 0 unspecified atom stereocenters. The number of thioether (sulfide) groups is 1. The molecular formula is C15H17N7OS. The van der Waals surface area contributed by atoms with Crippen LogP contribution in [0.15, 0.2) is 47.9 Å². The fourth-order valence-electron chi connectivity index (χ4n) is 2.11. The molecule has 2 aromatic heterocycles. The van der Waals surface area contributed by atoms with Crippen molar-refractivity contribution in [1.82, 2.24) is 34.9 Å². The number of carbonyl (C=O) groups is 1. The van der Waals surface area contributed by atoms with Crippen LogP contribution < -0.4 is 0 Å². The molecule has 0 radical (unpaired) electrons. The summed E-state index contributed by atoms with van der Waals surface area (Å²) in [7, 11) is 3.52. The number of aromatic nitrogens is 6. The van der Waals surface area contributed by atoms with E-state index in [1.807, 2.05) is 36.5 Å². The molecule has 0 aliphatic carbocycles. The smallest absolute Gasteiger partial charge is 0.233 e. The molecule has 0 bridgehead atoms. The summed E-state index contributed by atoms with van der Waals surface area (Å²) in [6.45, 7) is 0.503. The van der Waals surface area contributed by atoms with Gasteiger partial charge in [0.25, 0.3) is 0 Å². The van der Waals surface area contributed by atoms with E-state index in [1.54, 1.807) is 34.6 Å². The number of amides is 1. The van der Waals surface area contributed by atoms with E-state index in [2.05, 4.69) is 20.6 Å². The van der Waals surface area contributed by atoms with Crippen molar-refractivity contribution in [2.45, 2.75) is 11.7 Å². The van der Waals surface area contributed by atoms with Gasteiger partial charge in [-0.2, -0.15) is 5.10 Å². The van der Waals surface area contributed by atoms with Crippen LogP contribution in [0.3, 0.4) is 0 Å². The van der Waals surface area contributed by atoms with Crippen LogP contribution in [0, 0.1) is 0 Å². The van der Waals surface area contributed by atoms with Crippen LogP contribution in [0.1, 0.15) is 5.56 Å². The molecule has 1 aromatic carbocycles. The van der Waals surface area contributed by atoms with E-state index in [0.29, 0.717) is 11.7 Å². The van der Waals surface area contributed by atoms with Crippen molar-refractivity contribution in [3.8, 4) is 5.69 Å². The number of aryl methyl sites for hydroxylation is 1. The zero-order chi connectivity index (χ0) is 16.9. The Morgan fingerprint density at radius 3 is 2.79 bits per heavy atom. The van der Waals surface area contributed by atoms with Crippen molar-refractivity contribution in [1.29, 1.82) is 0 Å². The van der Waals surface area contributed by atoms with Gasteiger partial charge in [-0.25, -0.2) is 9.36 Å². The normalized spacial score (nSPS) is 10.8. The van der Waals surface area contributed by atoms with Crippen molar-refractivity contribution in [2.24, 2.45) is 7.05 Å². The monoisotopic (exact) mass is 343 g/mol. The van der Waals surface area contributed by atoms with Crippen molar-refractivity contribution < 1.29 is 4.79 Å². The minimum Gasteiger partial charge on any atom is -0.341 e. The first-order valence-electron chi connectivity index (χ1n) is 7.31. The highest BCUT2D eigenvalue weighted by Crippen LogP contribution is 2.14. The van der Waals surface area contributed by atoms with Gasteiger partial charge in [-0.15, -0.1) is 5.10 Å². The summed E-state index contributed by atoms with van der Waals surface area (Å²) < 4.78 is 3.34. The number of para-hydroxylation sites is 1. The summed E-state index contributed by atoms with van der Waals surface area (Å²) in [5.41, 5.74) is 1.96. The Kier molecular flexibility index (Phi) is 4.90. The van der Waals surface area contributed by atoms with Crippen LogP contribution in [-0.4, -0.2) is 53.6 Å². The maximum absolute atomic E-state index is 12.2. The van der Waals surface area contributed by atoms with Crippen LogP contribution >= 0.6 is 11.8 Å². The lowest BCUT2D eigenvalue weighted by Gasteiger charge is -2.15. The van der Waals surface area contributed by atoms with Gasteiger partial charge in [-0.3, -0.25) is 4.79 Å². The van der Waals surface area contributed by atoms with Gasteiger partial charge in [-0.05, 0) is 22.6 Å². The number of carbonyl (C=O) groups excluding carboxylic acids is 1. The van der Waals surface area contributed by atoms with Gasteiger partial charge in [0.1, 0.15) is 0 Å². The predicted molar refractivity (Wildman–Crippen MR) is 89.6 cm³/mol. The molecular weight excluding hydrogens is 326 g/mol. The van der Waals surface area contributed by atoms with Crippen molar-refractivity contribution in [2.75, 3.05) is 12.8 Å². The van der Waals surface area contributed by atoms with Crippen LogP contribution in [0.5, 0.6) is 0 Å². The number of rotatable bonds is 6. The molecule has 24 heavy (non-hydrogen) atoms. The summed E-state index contributed by atoms with van der Waals surface area (Å²) in [4.78, 5) is 13.9. The lowest BCUT2D eigenvalue weighted by atomic mass is 10.3. The van der Waals surface area contributed by atoms with Crippen molar-refractivity contribution in [3.05, 3.63) is 48.3 Å². The van der Waals surface area contributed by atoms with Gasteiger partial charge in [-0.1, -0.05) is 30.0 Å². The zero-order valence-corrected chi connectivity index (χ0v) is 14.2. The highest BCUT2D eigenvalue weighted by molar-refractivity contribution is 7.99. The third-order valence-electron chi connectivity index (χ3n) is 3.41. The van der Waals surface area contributed by atoms with Gasteiger partial charge in [0.05, 0.1) is 17.6 Å². The highest BCUT2D eigenvalue weighted by atomic mass is 32.2. The average molecular weight is 343 g/mol. The molecule has 9 heteroatoms. The molecule has 124 valence electrons. The van der Waals surface area contributed by atoms with E-state index in [0.717, 1.165) is 11.3 Å². The zero-order valence-electron chi connectivity index (χ0n) is 13.4. The molecule has 0 atom stereocenters. The lowest BCUT2D eigenvalue weighted by Crippen LogP contribution is -2.27. The molecule has 0 fully saturated rings. The summed E-state index contributed by atoms with van der Waals surface area (Å²) in [5, 5.41) is 16.1. The number of hydrogen-bond donors (Lipinski definition) is 0. The Labute approximate surface area is 143 Å². The SMILES string of the molecule is CN(Cc1cnn(-c2ccccc2)c1)C(=O)CSc1nnnn1C. The molecule has 1 amide bonds. The highest BCUT2D eigenvalue weighted by Gasteiger charge is 2.13. The molecule has 0 aliphatic rings. The quantitative estimate of drug-likeness (QED) is 0.625. The fraction of sp³-hybridized carbons (Fsp3) is 0.267. The fourth-order valence-corrected chi connectivity index (χ4v) is 2.90. The van der Waals surface area contributed by atoms with E-state index in [4.69, 9.17) is 0 Å². The standard InChI is InChI=1S/C15H17N7OS/c1-20(14(23)11-24-15-17-18-19-21(15)2)9-12-8-16-22(10-12)13-6-4-3-5-7-13/h3-8,10H,9,11H2,1-2H3. The third-order valence-corrected chi connectivity index (χ3v) is 4.40. The lowest BCUT2D eigenvalue weighted by molar-refractivity contribution is -0.127. The van der Waals surface area contributed by atoms with Crippen LogP contribution in [-0.2, 0) is 18.4 Å². The van der Waals surface area contributed by atoms with Crippen LogP contribution in [0.25, 0.3) is 5.69 Å². The molecule has 2 heterocycles. The molecule has 0 saturated carbocycles. The van der Waals surface area contributed by atoms with Crippen molar-refractivity contribution in [3.63, 3.8) is 0 Å². The minimum absolute atomic E-state index is 0.00969. The molecule has 8 nitrogen and oxygen atoms in total. The molecule has 0 saturated heterocycles. The van der Waals surface area contributed by atoms with E-state index in [-0.39, 0.29) is 11.7 Å². The Morgan fingerprint density at radius 1 is 1.29 bits per heavy atom. The van der Waals surface area contributed by atoms with Crippen LogP contribution in [0.4, 0.5) is 0 Å². The first-order valence-corrected chi connectivity index (χ1v) is 8.30. The number of benzene rings is 1. The summed E-state index contributed by atoms with van der Waals surface area (Å²) in [6.07, 6.45) is 3.70. The number of hydrogen-bond acceptors (Lipinski definition) is 6.